The van der Waals surface area contributed by atoms with Gasteiger partial charge in [-0.05, 0) is 24.7 Å². The first kappa shape index (κ1) is 14.8. The maximum Gasteiger partial charge on any atom is 0.314 e. The summed E-state index contributed by atoms with van der Waals surface area (Å²) < 4.78 is 0. The number of hydrogen-bond acceptors (Lipinski definition) is 2. The lowest BCUT2D eigenvalue weighted by Gasteiger charge is -2.27. The molecule has 5 nitrogen and oxygen atoms in total. The number of nitrogens with one attached hydrogen (secondary N) is 2. The molecule has 0 aliphatic heterocycles. The van der Waals surface area contributed by atoms with Crippen molar-refractivity contribution < 1.29 is 14.7 Å². The van der Waals surface area contributed by atoms with Gasteiger partial charge in [0.25, 0.3) is 0 Å². The zero-order valence-electron chi connectivity index (χ0n) is 11.1. The second-order valence-electron chi connectivity index (χ2n) is 5.08. The Bertz CT molecular complexity index is 273. The molecule has 0 radical (unpaired) electrons. The molecule has 0 heterocycles. The van der Waals surface area contributed by atoms with Crippen LogP contribution in [0.15, 0.2) is 0 Å². The van der Waals surface area contributed by atoms with Gasteiger partial charge in [0.15, 0.2) is 0 Å². The molecule has 2 amide bonds. The molecule has 3 N–H and O–H groups in total. The Morgan fingerprint density at radius 1 is 1.11 bits per heavy atom. The minimum atomic E-state index is -0.895. The van der Waals surface area contributed by atoms with Gasteiger partial charge in [-0.15, -0.1) is 0 Å². The van der Waals surface area contributed by atoms with Gasteiger partial charge in [0.1, 0.15) is 0 Å². The van der Waals surface area contributed by atoms with E-state index in [1.54, 1.807) is 0 Å². The maximum absolute atomic E-state index is 11.4. The van der Waals surface area contributed by atoms with Crippen LogP contribution in [0.5, 0.6) is 0 Å². The van der Waals surface area contributed by atoms with Crippen LogP contribution in [0.2, 0.25) is 0 Å². The summed E-state index contributed by atoms with van der Waals surface area (Å²) in [5.41, 5.74) is 0. The second-order valence-corrected chi connectivity index (χ2v) is 5.08. The van der Waals surface area contributed by atoms with Crippen LogP contribution in [-0.4, -0.2) is 30.2 Å². The minimum absolute atomic E-state index is 0.0327. The summed E-state index contributed by atoms with van der Waals surface area (Å²) in [6.45, 7) is 3.12. The first-order chi connectivity index (χ1) is 8.61. The molecule has 0 saturated heterocycles. The van der Waals surface area contributed by atoms with Crippen molar-refractivity contribution in [3.05, 3.63) is 0 Å². The summed E-state index contributed by atoms with van der Waals surface area (Å²) in [6.07, 6.45) is 6.14. The topological polar surface area (TPSA) is 78.4 Å². The van der Waals surface area contributed by atoms with E-state index in [1.807, 2.05) is 0 Å². The van der Waals surface area contributed by atoms with Crippen LogP contribution in [0.4, 0.5) is 4.79 Å². The molecule has 0 unspecified atom stereocenters. The number of amides is 2. The van der Waals surface area contributed by atoms with Crippen LogP contribution in [0, 0.1) is 11.8 Å². The van der Waals surface area contributed by atoms with Crippen molar-refractivity contribution in [1.82, 2.24) is 10.6 Å². The Labute approximate surface area is 108 Å². The van der Waals surface area contributed by atoms with Gasteiger partial charge in [-0.3, -0.25) is 4.79 Å². The average molecular weight is 256 g/mol. The van der Waals surface area contributed by atoms with Crippen molar-refractivity contribution in [1.29, 1.82) is 0 Å². The first-order valence-electron chi connectivity index (χ1n) is 6.85. The zero-order chi connectivity index (χ0) is 13.4. The number of carbonyl (C=O) groups is 2. The van der Waals surface area contributed by atoms with Crippen LogP contribution in [0.1, 0.15) is 45.4 Å². The van der Waals surface area contributed by atoms with E-state index in [-0.39, 0.29) is 19.0 Å². The lowest BCUT2D eigenvalue weighted by Crippen LogP contribution is -2.39. The molecule has 0 aromatic carbocycles. The quantitative estimate of drug-likeness (QED) is 0.680. The van der Waals surface area contributed by atoms with Crippen LogP contribution < -0.4 is 10.6 Å². The van der Waals surface area contributed by atoms with Gasteiger partial charge in [0, 0.05) is 13.1 Å². The third-order valence-electron chi connectivity index (χ3n) is 3.72. The Morgan fingerprint density at radius 2 is 1.72 bits per heavy atom. The van der Waals surface area contributed by atoms with Gasteiger partial charge in [-0.2, -0.15) is 0 Å². The minimum Gasteiger partial charge on any atom is -0.481 e. The number of hydrogen-bond donors (Lipinski definition) is 3. The molecule has 0 atom stereocenters. The monoisotopic (exact) mass is 256 g/mol. The molecule has 1 aliphatic rings. The highest BCUT2D eigenvalue weighted by Crippen LogP contribution is 2.29. The highest BCUT2D eigenvalue weighted by atomic mass is 16.4. The zero-order valence-corrected chi connectivity index (χ0v) is 11.1. The van der Waals surface area contributed by atoms with Crippen LogP contribution >= 0.6 is 0 Å². The molecule has 5 heteroatoms. The molecular formula is C13H24N2O3. The van der Waals surface area contributed by atoms with E-state index in [0.29, 0.717) is 12.5 Å². The number of carboxylic acids is 1. The molecule has 1 saturated carbocycles. The fourth-order valence-corrected chi connectivity index (χ4v) is 2.43. The summed E-state index contributed by atoms with van der Waals surface area (Å²) in [5.74, 6) is 0.553. The third kappa shape index (κ3) is 5.89. The smallest absolute Gasteiger partial charge is 0.314 e. The summed E-state index contributed by atoms with van der Waals surface area (Å²) in [6, 6.07) is -0.256. The van der Waals surface area contributed by atoms with E-state index in [1.165, 1.54) is 32.1 Å². The Hall–Kier alpha value is -1.26. The molecule has 104 valence electrons. The first-order valence-corrected chi connectivity index (χ1v) is 6.85. The Balaban J connectivity index is 2.06. The number of carboxylic acid groups (broad SMARTS) is 1. The van der Waals surface area contributed by atoms with E-state index in [9.17, 15) is 9.59 Å². The summed E-state index contributed by atoms with van der Waals surface area (Å²) in [4.78, 5) is 21.6. The number of rotatable bonds is 6. The van der Waals surface area contributed by atoms with Gasteiger partial charge in [0.2, 0.25) is 0 Å². The van der Waals surface area contributed by atoms with E-state index in [2.05, 4.69) is 17.6 Å². The second kappa shape index (κ2) is 7.95. The summed E-state index contributed by atoms with van der Waals surface area (Å²) in [7, 11) is 0. The molecule has 18 heavy (non-hydrogen) atoms. The van der Waals surface area contributed by atoms with Crippen molar-refractivity contribution in [3.63, 3.8) is 0 Å². The predicted octanol–water partition coefficient (Wildman–Crippen LogP) is 1.98. The SMILES string of the molecule is CCC1CCC(CNC(=O)NCCC(=O)O)CC1. The van der Waals surface area contributed by atoms with Gasteiger partial charge >= 0.3 is 12.0 Å². The van der Waals surface area contributed by atoms with Crippen molar-refractivity contribution in [2.45, 2.75) is 45.4 Å². The lowest BCUT2D eigenvalue weighted by atomic mass is 9.81. The largest absolute Gasteiger partial charge is 0.481 e. The molecule has 0 aromatic rings. The van der Waals surface area contributed by atoms with E-state index in [0.717, 1.165) is 5.92 Å². The lowest BCUT2D eigenvalue weighted by molar-refractivity contribution is -0.136. The van der Waals surface area contributed by atoms with Crippen LogP contribution in [-0.2, 0) is 4.79 Å². The standard InChI is InChI=1S/C13H24N2O3/c1-2-10-3-5-11(6-4-10)9-15-13(18)14-8-7-12(16)17/h10-11H,2-9H2,1H3,(H,16,17)(H2,14,15,18). The number of urea groups is 1. The normalized spacial score (nSPS) is 23.4. The van der Waals surface area contributed by atoms with E-state index >= 15 is 0 Å². The van der Waals surface area contributed by atoms with E-state index < -0.39 is 5.97 Å². The third-order valence-corrected chi connectivity index (χ3v) is 3.72. The van der Waals surface area contributed by atoms with Crippen LogP contribution in [0.3, 0.4) is 0 Å². The fourth-order valence-electron chi connectivity index (χ4n) is 2.43. The highest BCUT2D eigenvalue weighted by molar-refractivity contribution is 5.74. The van der Waals surface area contributed by atoms with Crippen molar-refractivity contribution in [3.8, 4) is 0 Å². The molecule has 0 bridgehead atoms. The maximum atomic E-state index is 11.4. The van der Waals surface area contributed by atoms with Gasteiger partial charge in [-0.25, -0.2) is 4.79 Å². The van der Waals surface area contributed by atoms with Crippen molar-refractivity contribution in [2.24, 2.45) is 11.8 Å². The predicted molar refractivity (Wildman–Crippen MR) is 69.4 cm³/mol. The Morgan fingerprint density at radius 3 is 2.28 bits per heavy atom. The molecule has 1 fully saturated rings. The van der Waals surface area contributed by atoms with Gasteiger partial charge in [0.05, 0.1) is 6.42 Å². The molecule has 0 spiro atoms. The summed E-state index contributed by atoms with van der Waals surface area (Å²) in [5, 5.41) is 13.8. The fraction of sp³-hybridized carbons (Fsp3) is 0.846. The Kier molecular flexibility index (Phi) is 6.54. The van der Waals surface area contributed by atoms with Crippen LogP contribution in [0.25, 0.3) is 0 Å². The van der Waals surface area contributed by atoms with E-state index in [4.69, 9.17) is 5.11 Å². The van der Waals surface area contributed by atoms with Crippen molar-refractivity contribution in [2.75, 3.05) is 13.1 Å². The number of aliphatic carboxylic acids is 1. The average Bonchev–Trinajstić information content (AvgIpc) is 2.36. The molecular weight excluding hydrogens is 232 g/mol. The molecule has 0 aromatic heterocycles. The van der Waals surface area contributed by atoms with Crippen molar-refractivity contribution >= 4 is 12.0 Å². The highest BCUT2D eigenvalue weighted by Gasteiger charge is 2.20. The molecule has 1 rings (SSSR count). The number of carbonyl (C=O) groups excluding carboxylic acids is 1. The summed E-state index contributed by atoms with van der Waals surface area (Å²) >= 11 is 0. The molecule has 1 aliphatic carbocycles. The van der Waals surface area contributed by atoms with Gasteiger partial charge in [-0.1, -0.05) is 26.2 Å². The van der Waals surface area contributed by atoms with Gasteiger partial charge < -0.3 is 15.7 Å².